The Morgan fingerprint density at radius 2 is 1.86 bits per heavy atom. The first-order valence-corrected chi connectivity index (χ1v) is 10.5. The average Bonchev–Trinajstić information content (AvgIpc) is 3.17. The molecule has 2 aromatic carbocycles. The molecule has 0 unspecified atom stereocenters. The van der Waals surface area contributed by atoms with Crippen molar-refractivity contribution in [2.24, 2.45) is 0 Å². The smallest absolute Gasteiger partial charge is 0.222 e. The number of nitrogens with zero attached hydrogens (tertiary/aromatic N) is 2. The number of hydrogen-bond acceptors (Lipinski definition) is 3. The quantitative estimate of drug-likeness (QED) is 0.766. The van der Waals surface area contributed by atoms with Gasteiger partial charge in [0.05, 0.1) is 6.61 Å². The molecule has 2 aromatic rings. The number of ether oxygens (including phenoxy) is 1. The second kappa shape index (κ2) is 8.54. The molecule has 5 heteroatoms. The van der Waals surface area contributed by atoms with Crippen LogP contribution in [0.3, 0.4) is 0 Å². The fourth-order valence-corrected chi connectivity index (χ4v) is 4.16. The Balaban J connectivity index is 1.24. The van der Waals surface area contributed by atoms with Crippen LogP contribution in [0.5, 0.6) is 5.75 Å². The Kier molecular flexibility index (Phi) is 5.88. The lowest BCUT2D eigenvalue weighted by Crippen LogP contribution is -2.48. The molecule has 1 saturated heterocycles. The van der Waals surface area contributed by atoms with Crippen molar-refractivity contribution < 1.29 is 9.53 Å². The van der Waals surface area contributed by atoms with Gasteiger partial charge in [0.2, 0.25) is 5.91 Å². The Labute approximate surface area is 172 Å². The molecule has 0 saturated carbocycles. The molecule has 4 nitrogen and oxygen atoms in total. The van der Waals surface area contributed by atoms with Crippen LogP contribution in [0.15, 0.2) is 36.4 Å². The van der Waals surface area contributed by atoms with Crippen LogP contribution in [-0.4, -0.2) is 48.5 Å². The van der Waals surface area contributed by atoms with Crippen molar-refractivity contribution in [1.82, 2.24) is 9.80 Å². The first kappa shape index (κ1) is 19.3. The van der Waals surface area contributed by atoms with Crippen LogP contribution in [0.4, 0.5) is 0 Å². The SMILES string of the molecule is Cc1ccc(CCC(=O)N2CCN(Cc3ccc4c(c3)CCO4)CC2)cc1Cl. The van der Waals surface area contributed by atoms with Crippen LogP contribution in [0.25, 0.3) is 0 Å². The predicted octanol–water partition coefficient (Wildman–Crippen LogP) is 3.86. The molecule has 2 heterocycles. The third-order valence-electron chi connectivity index (χ3n) is 5.75. The van der Waals surface area contributed by atoms with Gasteiger partial charge in [0.1, 0.15) is 5.75 Å². The van der Waals surface area contributed by atoms with Crippen molar-refractivity contribution in [3.05, 3.63) is 63.7 Å². The molecule has 2 aliphatic heterocycles. The van der Waals surface area contributed by atoms with Gasteiger partial charge in [-0.3, -0.25) is 9.69 Å². The molecular formula is C23H27ClN2O2. The summed E-state index contributed by atoms with van der Waals surface area (Å²) in [7, 11) is 0. The summed E-state index contributed by atoms with van der Waals surface area (Å²) in [6.45, 7) is 7.20. The van der Waals surface area contributed by atoms with Gasteiger partial charge in [-0.05, 0) is 47.7 Å². The number of carbonyl (C=O) groups excluding carboxylic acids is 1. The monoisotopic (exact) mass is 398 g/mol. The molecule has 1 fully saturated rings. The van der Waals surface area contributed by atoms with Gasteiger partial charge in [0.15, 0.2) is 0 Å². The maximum absolute atomic E-state index is 12.6. The first-order valence-electron chi connectivity index (χ1n) is 10.1. The molecule has 0 atom stereocenters. The molecule has 0 radical (unpaired) electrons. The lowest BCUT2D eigenvalue weighted by molar-refractivity contribution is -0.133. The largest absolute Gasteiger partial charge is 0.493 e. The maximum atomic E-state index is 12.6. The van der Waals surface area contributed by atoms with E-state index in [1.165, 1.54) is 11.1 Å². The van der Waals surface area contributed by atoms with E-state index in [1.807, 2.05) is 24.0 Å². The Bertz CT molecular complexity index is 860. The zero-order valence-corrected chi connectivity index (χ0v) is 17.2. The highest BCUT2D eigenvalue weighted by atomic mass is 35.5. The molecule has 0 bridgehead atoms. The molecule has 2 aliphatic rings. The molecule has 0 spiro atoms. The number of amides is 1. The van der Waals surface area contributed by atoms with Gasteiger partial charge >= 0.3 is 0 Å². The van der Waals surface area contributed by atoms with E-state index in [1.54, 1.807) is 0 Å². The average molecular weight is 399 g/mol. The molecule has 4 rings (SSSR count). The zero-order valence-electron chi connectivity index (χ0n) is 16.4. The summed E-state index contributed by atoms with van der Waals surface area (Å²) < 4.78 is 5.59. The first-order chi connectivity index (χ1) is 13.6. The van der Waals surface area contributed by atoms with Crippen molar-refractivity contribution in [2.75, 3.05) is 32.8 Å². The lowest BCUT2D eigenvalue weighted by atomic mass is 10.1. The summed E-state index contributed by atoms with van der Waals surface area (Å²) in [4.78, 5) is 17.0. The summed E-state index contributed by atoms with van der Waals surface area (Å²) in [5, 5.41) is 0.775. The number of fused-ring (bicyclic) bond motifs is 1. The van der Waals surface area contributed by atoms with Gasteiger partial charge in [0.25, 0.3) is 0 Å². The van der Waals surface area contributed by atoms with E-state index in [-0.39, 0.29) is 5.91 Å². The topological polar surface area (TPSA) is 32.8 Å². The fraction of sp³-hybridized carbons (Fsp3) is 0.435. The minimum Gasteiger partial charge on any atom is -0.493 e. The minimum absolute atomic E-state index is 0.242. The Morgan fingerprint density at radius 3 is 2.64 bits per heavy atom. The molecule has 0 N–H and O–H groups in total. The predicted molar refractivity (Wildman–Crippen MR) is 112 cm³/mol. The van der Waals surface area contributed by atoms with E-state index in [4.69, 9.17) is 16.3 Å². The number of carbonyl (C=O) groups is 1. The van der Waals surface area contributed by atoms with Crippen molar-refractivity contribution in [2.45, 2.75) is 32.7 Å². The fourth-order valence-electron chi connectivity index (χ4n) is 3.95. The van der Waals surface area contributed by atoms with Crippen molar-refractivity contribution >= 4 is 17.5 Å². The van der Waals surface area contributed by atoms with Crippen LogP contribution >= 0.6 is 11.6 Å². The second-order valence-corrected chi connectivity index (χ2v) is 8.19. The third-order valence-corrected chi connectivity index (χ3v) is 6.16. The number of rotatable bonds is 5. The zero-order chi connectivity index (χ0) is 19.5. The highest BCUT2D eigenvalue weighted by molar-refractivity contribution is 6.31. The minimum atomic E-state index is 0.242. The van der Waals surface area contributed by atoms with Gasteiger partial charge in [0, 0.05) is 50.6 Å². The van der Waals surface area contributed by atoms with Crippen LogP contribution in [0, 0.1) is 6.92 Å². The summed E-state index contributed by atoms with van der Waals surface area (Å²) in [5.41, 5.74) is 4.86. The number of benzene rings is 2. The van der Waals surface area contributed by atoms with E-state index >= 15 is 0 Å². The number of hydrogen-bond donors (Lipinski definition) is 0. The van der Waals surface area contributed by atoms with Gasteiger partial charge in [-0.15, -0.1) is 0 Å². The van der Waals surface area contributed by atoms with Crippen LogP contribution in [0.2, 0.25) is 5.02 Å². The highest BCUT2D eigenvalue weighted by Gasteiger charge is 2.21. The van der Waals surface area contributed by atoms with Gasteiger partial charge in [-0.2, -0.15) is 0 Å². The van der Waals surface area contributed by atoms with Crippen molar-refractivity contribution in [1.29, 1.82) is 0 Å². The summed E-state index contributed by atoms with van der Waals surface area (Å²) in [5.74, 6) is 1.28. The van der Waals surface area contributed by atoms with Crippen molar-refractivity contribution in [3.8, 4) is 5.75 Å². The van der Waals surface area contributed by atoms with Gasteiger partial charge in [-0.1, -0.05) is 35.9 Å². The molecular weight excluding hydrogens is 372 g/mol. The number of piperazine rings is 1. The van der Waals surface area contributed by atoms with E-state index in [0.717, 1.165) is 74.1 Å². The van der Waals surface area contributed by atoms with Gasteiger partial charge in [-0.25, -0.2) is 0 Å². The Hall–Kier alpha value is -2.04. The molecule has 0 aromatic heterocycles. The summed E-state index contributed by atoms with van der Waals surface area (Å²) in [6.07, 6.45) is 2.30. The van der Waals surface area contributed by atoms with Gasteiger partial charge < -0.3 is 9.64 Å². The second-order valence-electron chi connectivity index (χ2n) is 7.78. The van der Waals surface area contributed by atoms with E-state index in [0.29, 0.717) is 6.42 Å². The molecule has 148 valence electrons. The number of halogens is 1. The third kappa shape index (κ3) is 4.50. The van der Waals surface area contributed by atoms with Crippen LogP contribution in [-0.2, 0) is 24.2 Å². The maximum Gasteiger partial charge on any atom is 0.222 e. The van der Waals surface area contributed by atoms with E-state index in [9.17, 15) is 4.79 Å². The van der Waals surface area contributed by atoms with Crippen LogP contribution in [0.1, 0.15) is 28.7 Å². The standard InChI is InChI=1S/C23H27ClN2O2/c1-17-2-3-18(15-21(17)24)5-7-23(27)26-11-9-25(10-12-26)16-19-4-6-22-20(14-19)8-13-28-22/h2-4,6,14-15H,5,7-13,16H2,1H3. The number of aryl methyl sites for hydroxylation is 2. The van der Waals surface area contributed by atoms with E-state index in [2.05, 4.69) is 29.2 Å². The van der Waals surface area contributed by atoms with Crippen LogP contribution < -0.4 is 4.74 Å². The van der Waals surface area contributed by atoms with E-state index < -0.39 is 0 Å². The molecule has 0 aliphatic carbocycles. The summed E-state index contributed by atoms with van der Waals surface area (Å²) in [6, 6.07) is 12.6. The Morgan fingerprint density at radius 1 is 1.07 bits per heavy atom. The lowest BCUT2D eigenvalue weighted by Gasteiger charge is -2.35. The highest BCUT2D eigenvalue weighted by Crippen LogP contribution is 2.26. The molecule has 28 heavy (non-hydrogen) atoms. The normalized spacial score (nSPS) is 16.7. The van der Waals surface area contributed by atoms with Crippen molar-refractivity contribution in [3.63, 3.8) is 0 Å². The summed E-state index contributed by atoms with van der Waals surface area (Å²) >= 11 is 6.18. The molecule has 1 amide bonds.